The summed E-state index contributed by atoms with van der Waals surface area (Å²) in [6, 6.07) is 18.3. The van der Waals surface area contributed by atoms with Gasteiger partial charge in [-0.15, -0.1) is 0 Å². The molecule has 1 unspecified atom stereocenters. The van der Waals surface area contributed by atoms with E-state index in [0.717, 1.165) is 16.7 Å². The molecular formula is C16H15BrN2. The Morgan fingerprint density at radius 3 is 2.63 bits per heavy atom. The van der Waals surface area contributed by atoms with Crippen LogP contribution in [0, 0.1) is 11.3 Å². The van der Waals surface area contributed by atoms with Crippen molar-refractivity contribution in [2.45, 2.75) is 12.8 Å². The van der Waals surface area contributed by atoms with Crippen LogP contribution in [0.2, 0.25) is 0 Å². The maximum Gasteiger partial charge on any atom is 0.101 e. The summed E-state index contributed by atoms with van der Waals surface area (Å²) in [6.07, 6.45) is 0. The van der Waals surface area contributed by atoms with Crippen molar-refractivity contribution in [3.8, 4) is 6.07 Å². The highest BCUT2D eigenvalue weighted by molar-refractivity contribution is 9.10. The summed E-state index contributed by atoms with van der Waals surface area (Å²) >= 11 is 3.37. The number of nitrogens with zero attached hydrogens (tertiary/aromatic N) is 1. The molecule has 0 heterocycles. The molecule has 0 fully saturated rings. The first-order chi connectivity index (χ1) is 9.20. The Bertz CT molecular complexity index is 587. The van der Waals surface area contributed by atoms with E-state index in [4.69, 9.17) is 5.26 Å². The van der Waals surface area contributed by atoms with Crippen LogP contribution in [0.15, 0.2) is 53.0 Å². The van der Waals surface area contributed by atoms with Gasteiger partial charge in [-0.2, -0.15) is 5.26 Å². The minimum absolute atomic E-state index is 0.399. The number of anilines is 1. The lowest BCUT2D eigenvalue weighted by Gasteiger charge is -2.15. The number of nitriles is 1. The monoisotopic (exact) mass is 314 g/mol. The first-order valence-corrected chi connectivity index (χ1v) is 6.98. The highest BCUT2D eigenvalue weighted by Crippen LogP contribution is 2.22. The molecule has 1 atom stereocenters. The number of nitrogens with one attached hydrogen (secondary N) is 1. The lowest BCUT2D eigenvalue weighted by atomic mass is 10.0. The molecule has 0 aromatic heterocycles. The van der Waals surface area contributed by atoms with Crippen LogP contribution in [-0.2, 0) is 0 Å². The predicted molar refractivity (Wildman–Crippen MR) is 82.2 cm³/mol. The third kappa shape index (κ3) is 3.59. The molecule has 96 valence electrons. The van der Waals surface area contributed by atoms with Crippen LogP contribution < -0.4 is 5.32 Å². The number of benzene rings is 2. The van der Waals surface area contributed by atoms with E-state index in [9.17, 15) is 0 Å². The smallest absolute Gasteiger partial charge is 0.101 e. The maximum atomic E-state index is 9.11. The zero-order valence-corrected chi connectivity index (χ0v) is 12.3. The van der Waals surface area contributed by atoms with Gasteiger partial charge in [0.2, 0.25) is 0 Å². The van der Waals surface area contributed by atoms with Crippen LogP contribution >= 0.6 is 15.9 Å². The molecule has 0 aliphatic carbocycles. The first-order valence-electron chi connectivity index (χ1n) is 6.19. The second kappa shape index (κ2) is 6.40. The SMILES string of the molecule is CC(CNc1ccc(Br)cc1C#N)c1ccccc1. The number of rotatable bonds is 4. The fourth-order valence-electron chi connectivity index (χ4n) is 1.93. The van der Waals surface area contributed by atoms with E-state index in [1.54, 1.807) is 0 Å². The Kier molecular flexibility index (Phi) is 4.59. The van der Waals surface area contributed by atoms with Crippen LogP contribution in [0.5, 0.6) is 0 Å². The van der Waals surface area contributed by atoms with Gasteiger partial charge >= 0.3 is 0 Å². The fourth-order valence-corrected chi connectivity index (χ4v) is 2.29. The first kappa shape index (κ1) is 13.6. The van der Waals surface area contributed by atoms with Crippen molar-refractivity contribution in [3.05, 3.63) is 64.1 Å². The second-order valence-electron chi connectivity index (χ2n) is 4.49. The molecule has 0 amide bonds. The summed E-state index contributed by atoms with van der Waals surface area (Å²) in [5.74, 6) is 0.399. The molecule has 0 aliphatic rings. The van der Waals surface area contributed by atoms with Crippen molar-refractivity contribution in [2.75, 3.05) is 11.9 Å². The third-order valence-electron chi connectivity index (χ3n) is 3.07. The van der Waals surface area contributed by atoms with Crippen LogP contribution in [0.3, 0.4) is 0 Å². The lowest BCUT2D eigenvalue weighted by Crippen LogP contribution is -2.10. The molecule has 0 spiro atoms. The molecule has 0 radical (unpaired) electrons. The summed E-state index contributed by atoms with van der Waals surface area (Å²) < 4.78 is 0.922. The van der Waals surface area contributed by atoms with E-state index >= 15 is 0 Å². The van der Waals surface area contributed by atoms with E-state index in [2.05, 4.69) is 46.4 Å². The molecule has 0 saturated carbocycles. The summed E-state index contributed by atoms with van der Waals surface area (Å²) in [6.45, 7) is 2.98. The van der Waals surface area contributed by atoms with Gasteiger partial charge in [0.1, 0.15) is 6.07 Å². The average molecular weight is 315 g/mol. The van der Waals surface area contributed by atoms with Crippen LogP contribution in [-0.4, -0.2) is 6.54 Å². The molecule has 0 saturated heterocycles. The number of hydrogen-bond acceptors (Lipinski definition) is 2. The Morgan fingerprint density at radius 2 is 1.95 bits per heavy atom. The van der Waals surface area contributed by atoms with Crippen LogP contribution in [0.4, 0.5) is 5.69 Å². The summed E-state index contributed by atoms with van der Waals surface area (Å²) in [5, 5.41) is 12.5. The van der Waals surface area contributed by atoms with Gasteiger partial charge in [0.15, 0.2) is 0 Å². The van der Waals surface area contributed by atoms with Gasteiger partial charge in [-0.05, 0) is 29.7 Å². The van der Waals surface area contributed by atoms with Crippen molar-refractivity contribution in [1.29, 1.82) is 5.26 Å². The normalized spacial score (nSPS) is 11.6. The molecule has 1 N–H and O–H groups in total. The highest BCUT2D eigenvalue weighted by Gasteiger charge is 2.07. The van der Waals surface area contributed by atoms with Crippen LogP contribution in [0.1, 0.15) is 24.0 Å². The van der Waals surface area contributed by atoms with E-state index in [1.807, 2.05) is 36.4 Å². The van der Waals surface area contributed by atoms with Gasteiger partial charge in [0, 0.05) is 11.0 Å². The molecule has 2 aromatic rings. The van der Waals surface area contributed by atoms with E-state index in [0.29, 0.717) is 11.5 Å². The maximum absolute atomic E-state index is 9.11. The van der Waals surface area contributed by atoms with Crippen molar-refractivity contribution < 1.29 is 0 Å². The molecule has 19 heavy (non-hydrogen) atoms. The molecule has 2 nitrogen and oxygen atoms in total. The average Bonchev–Trinajstić information content (AvgIpc) is 2.46. The third-order valence-corrected chi connectivity index (χ3v) is 3.56. The van der Waals surface area contributed by atoms with E-state index < -0.39 is 0 Å². The molecule has 3 heteroatoms. The molecule has 0 bridgehead atoms. The van der Waals surface area contributed by atoms with Crippen LogP contribution in [0.25, 0.3) is 0 Å². The van der Waals surface area contributed by atoms with E-state index in [1.165, 1.54) is 5.56 Å². The van der Waals surface area contributed by atoms with Gasteiger partial charge in [-0.3, -0.25) is 0 Å². The summed E-state index contributed by atoms with van der Waals surface area (Å²) in [7, 11) is 0. The number of hydrogen-bond donors (Lipinski definition) is 1. The topological polar surface area (TPSA) is 35.8 Å². The van der Waals surface area contributed by atoms with Gasteiger partial charge in [0.25, 0.3) is 0 Å². The molecule has 2 rings (SSSR count). The minimum atomic E-state index is 0.399. The molecule has 0 aliphatic heterocycles. The zero-order chi connectivity index (χ0) is 13.7. The lowest BCUT2D eigenvalue weighted by molar-refractivity contribution is 0.804. The fraction of sp³-hybridized carbons (Fsp3) is 0.188. The van der Waals surface area contributed by atoms with Gasteiger partial charge in [0.05, 0.1) is 11.3 Å². The van der Waals surface area contributed by atoms with Gasteiger partial charge < -0.3 is 5.32 Å². The Labute approximate surface area is 122 Å². The van der Waals surface area contributed by atoms with Gasteiger partial charge in [-0.1, -0.05) is 53.2 Å². The van der Waals surface area contributed by atoms with Crippen molar-refractivity contribution in [3.63, 3.8) is 0 Å². The largest absolute Gasteiger partial charge is 0.383 e. The summed E-state index contributed by atoms with van der Waals surface area (Å²) in [5.41, 5.74) is 2.84. The highest BCUT2D eigenvalue weighted by atomic mass is 79.9. The zero-order valence-electron chi connectivity index (χ0n) is 10.7. The quantitative estimate of drug-likeness (QED) is 0.899. The molecular weight excluding hydrogens is 300 g/mol. The van der Waals surface area contributed by atoms with Crippen molar-refractivity contribution in [1.82, 2.24) is 0 Å². The second-order valence-corrected chi connectivity index (χ2v) is 5.41. The van der Waals surface area contributed by atoms with Gasteiger partial charge in [-0.25, -0.2) is 0 Å². The standard InChI is InChI=1S/C16H15BrN2/c1-12(13-5-3-2-4-6-13)11-19-16-8-7-15(17)9-14(16)10-18/h2-9,12,19H,11H2,1H3. The summed E-state index contributed by atoms with van der Waals surface area (Å²) in [4.78, 5) is 0. The Balaban J connectivity index is 2.05. The van der Waals surface area contributed by atoms with Crippen molar-refractivity contribution in [2.24, 2.45) is 0 Å². The molecule has 2 aromatic carbocycles. The predicted octanol–water partition coefficient (Wildman–Crippen LogP) is 4.54. The Morgan fingerprint density at radius 1 is 1.21 bits per heavy atom. The minimum Gasteiger partial charge on any atom is -0.383 e. The van der Waals surface area contributed by atoms with E-state index in [-0.39, 0.29) is 0 Å². The Hall–Kier alpha value is -1.79. The van der Waals surface area contributed by atoms with Crippen molar-refractivity contribution >= 4 is 21.6 Å². The number of halogens is 1.